The third kappa shape index (κ3) is 2.48. The molecule has 0 aromatic heterocycles. The molecule has 24 heavy (non-hydrogen) atoms. The summed E-state index contributed by atoms with van der Waals surface area (Å²) in [5.41, 5.74) is 4.29. The van der Waals surface area contributed by atoms with Gasteiger partial charge in [0, 0.05) is 21.8 Å². The van der Waals surface area contributed by atoms with Gasteiger partial charge in [-0.05, 0) is 42.7 Å². The summed E-state index contributed by atoms with van der Waals surface area (Å²) in [5.74, 6) is 7.00. The Morgan fingerprint density at radius 1 is 0.792 bits per heavy atom. The molecule has 0 saturated carbocycles. The van der Waals surface area contributed by atoms with Crippen LogP contribution in [0.3, 0.4) is 0 Å². The van der Waals surface area contributed by atoms with Crippen molar-refractivity contribution < 1.29 is 0 Å². The van der Waals surface area contributed by atoms with Crippen molar-refractivity contribution in [2.45, 2.75) is 48.5 Å². The lowest BCUT2D eigenvalue weighted by atomic mass is 9.48. The highest BCUT2D eigenvalue weighted by Gasteiger charge is 2.53. The van der Waals surface area contributed by atoms with Gasteiger partial charge in [-0.1, -0.05) is 82.0 Å². The lowest BCUT2D eigenvalue weighted by Gasteiger charge is -2.54. The van der Waals surface area contributed by atoms with E-state index in [2.05, 4.69) is 103 Å². The van der Waals surface area contributed by atoms with Crippen LogP contribution in [0.5, 0.6) is 0 Å². The van der Waals surface area contributed by atoms with E-state index < -0.39 is 0 Å². The summed E-state index contributed by atoms with van der Waals surface area (Å²) < 4.78 is 0. The van der Waals surface area contributed by atoms with Crippen LogP contribution in [0, 0.1) is 28.1 Å². The van der Waals surface area contributed by atoms with Crippen molar-refractivity contribution >= 4 is 16.3 Å². The van der Waals surface area contributed by atoms with E-state index in [1.54, 1.807) is 0 Å². The smallest absolute Gasteiger partial charge is 0.0233 e. The van der Waals surface area contributed by atoms with E-state index in [0.29, 0.717) is 0 Å². The standard InChI is InChI=1S/C24H28/c1-22(2,3)16-15-20-21(24(6,7)23(20,4)5)19-14-10-12-17-11-8-9-13-18(17)19/h8-14H,1-7H3. The van der Waals surface area contributed by atoms with Gasteiger partial charge in [0.25, 0.3) is 0 Å². The zero-order valence-corrected chi connectivity index (χ0v) is 16.0. The molecule has 2 aromatic rings. The van der Waals surface area contributed by atoms with Crippen molar-refractivity contribution in [1.29, 1.82) is 0 Å². The van der Waals surface area contributed by atoms with Gasteiger partial charge >= 0.3 is 0 Å². The minimum atomic E-state index is 0.0205. The lowest BCUT2D eigenvalue weighted by Crippen LogP contribution is -2.45. The summed E-state index contributed by atoms with van der Waals surface area (Å²) in [7, 11) is 0. The van der Waals surface area contributed by atoms with Gasteiger partial charge in [0.2, 0.25) is 0 Å². The molecule has 3 rings (SSSR count). The van der Waals surface area contributed by atoms with Crippen LogP contribution in [0.25, 0.3) is 16.3 Å². The SMILES string of the molecule is CC(C)(C)C#CC1=C(c2cccc3ccccc23)C(C)(C)C1(C)C. The quantitative estimate of drug-likeness (QED) is 0.513. The van der Waals surface area contributed by atoms with Crippen LogP contribution < -0.4 is 0 Å². The molecule has 1 aliphatic rings. The predicted octanol–water partition coefficient (Wildman–Crippen LogP) is 6.71. The largest absolute Gasteiger partial charge is 0.0923 e. The highest BCUT2D eigenvalue weighted by atomic mass is 14.6. The summed E-state index contributed by atoms with van der Waals surface area (Å²) in [6.07, 6.45) is 0. The summed E-state index contributed by atoms with van der Waals surface area (Å²) in [6, 6.07) is 15.3. The molecule has 0 nitrogen and oxygen atoms in total. The van der Waals surface area contributed by atoms with Crippen molar-refractivity contribution in [3.05, 3.63) is 53.6 Å². The maximum Gasteiger partial charge on any atom is 0.0233 e. The van der Waals surface area contributed by atoms with E-state index in [1.807, 2.05) is 0 Å². The molecule has 0 atom stereocenters. The molecule has 1 aliphatic carbocycles. The van der Waals surface area contributed by atoms with Crippen LogP contribution in [0.1, 0.15) is 54.0 Å². The summed E-state index contributed by atoms with van der Waals surface area (Å²) in [6.45, 7) is 15.9. The zero-order valence-electron chi connectivity index (χ0n) is 16.0. The molecule has 0 aliphatic heterocycles. The summed E-state index contributed by atoms with van der Waals surface area (Å²) in [4.78, 5) is 0. The van der Waals surface area contributed by atoms with Crippen LogP contribution in [0.2, 0.25) is 0 Å². The number of allylic oxidation sites excluding steroid dienone is 2. The third-order valence-electron chi connectivity index (χ3n) is 5.68. The van der Waals surface area contributed by atoms with E-state index in [1.165, 1.54) is 27.5 Å². The number of benzene rings is 2. The number of hydrogen-bond acceptors (Lipinski definition) is 0. The average Bonchev–Trinajstić information content (AvgIpc) is 2.49. The minimum Gasteiger partial charge on any atom is -0.0923 e. The van der Waals surface area contributed by atoms with E-state index in [4.69, 9.17) is 0 Å². The molecule has 2 aromatic carbocycles. The molecule has 0 N–H and O–H groups in total. The molecule has 0 spiro atoms. The number of rotatable bonds is 1. The van der Waals surface area contributed by atoms with Gasteiger partial charge < -0.3 is 0 Å². The van der Waals surface area contributed by atoms with Crippen molar-refractivity contribution in [3.8, 4) is 11.8 Å². The van der Waals surface area contributed by atoms with Gasteiger partial charge in [-0.15, -0.1) is 0 Å². The lowest BCUT2D eigenvalue weighted by molar-refractivity contribution is 0.193. The van der Waals surface area contributed by atoms with Gasteiger partial charge in [-0.25, -0.2) is 0 Å². The molecule has 0 saturated heterocycles. The normalized spacial score (nSPS) is 18.8. The van der Waals surface area contributed by atoms with Crippen molar-refractivity contribution in [2.75, 3.05) is 0 Å². The molecule has 0 heterocycles. The summed E-state index contributed by atoms with van der Waals surface area (Å²) in [5, 5.41) is 2.62. The molecule has 0 amide bonds. The zero-order chi connectivity index (χ0) is 17.8. The Bertz CT molecular complexity index is 882. The average molecular weight is 316 g/mol. The third-order valence-corrected chi connectivity index (χ3v) is 5.68. The molecule has 0 radical (unpaired) electrons. The first-order valence-corrected chi connectivity index (χ1v) is 8.82. The van der Waals surface area contributed by atoms with Crippen LogP contribution in [-0.4, -0.2) is 0 Å². The second-order valence-electron chi connectivity index (χ2n) is 9.03. The summed E-state index contributed by atoms with van der Waals surface area (Å²) >= 11 is 0. The molecule has 0 heteroatoms. The Morgan fingerprint density at radius 2 is 1.42 bits per heavy atom. The maximum absolute atomic E-state index is 3.55. The van der Waals surface area contributed by atoms with E-state index in [0.717, 1.165) is 0 Å². The van der Waals surface area contributed by atoms with Crippen molar-refractivity contribution in [3.63, 3.8) is 0 Å². The predicted molar refractivity (Wildman–Crippen MR) is 106 cm³/mol. The number of fused-ring (bicyclic) bond motifs is 1. The molecule has 0 bridgehead atoms. The molecule has 124 valence electrons. The van der Waals surface area contributed by atoms with Crippen molar-refractivity contribution in [1.82, 2.24) is 0 Å². The van der Waals surface area contributed by atoms with Crippen LogP contribution in [0.4, 0.5) is 0 Å². The molecule has 0 unspecified atom stereocenters. The van der Waals surface area contributed by atoms with Crippen LogP contribution in [-0.2, 0) is 0 Å². The van der Waals surface area contributed by atoms with Gasteiger partial charge in [-0.3, -0.25) is 0 Å². The second kappa shape index (κ2) is 5.25. The van der Waals surface area contributed by atoms with E-state index in [-0.39, 0.29) is 16.2 Å². The van der Waals surface area contributed by atoms with Gasteiger partial charge in [0.15, 0.2) is 0 Å². The van der Waals surface area contributed by atoms with E-state index in [9.17, 15) is 0 Å². The van der Waals surface area contributed by atoms with E-state index >= 15 is 0 Å². The van der Waals surface area contributed by atoms with Gasteiger partial charge in [0.1, 0.15) is 0 Å². The van der Waals surface area contributed by atoms with Gasteiger partial charge in [-0.2, -0.15) is 0 Å². The Kier molecular flexibility index (Phi) is 3.68. The maximum atomic E-state index is 3.55. The highest BCUT2D eigenvalue weighted by molar-refractivity contribution is 5.99. The van der Waals surface area contributed by atoms with Crippen LogP contribution >= 0.6 is 0 Å². The Morgan fingerprint density at radius 3 is 2.08 bits per heavy atom. The molecular weight excluding hydrogens is 288 g/mol. The molecular formula is C24H28. The monoisotopic (exact) mass is 316 g/mol. The number of hydrogen-bond donors (Lipinski definition) is 0. The van der Waals surface area contributed by atoms with Crippen molar-refractivity contribution in [2.24, 2.45) is 16.2 Å². The van der Waals surface area contributed by atoms with Crippen LogP contribution in [0.15, 0.2) is 48.0 Å². The Labute approximate surface area is 147 Å². The Balaban J connectivity index is 2.30. The Hall–Kier alpha value is -2.00. The fraction of sp³-hybridized carbons (Fsp3) is 0.417. The fourth-order valence-corrected chi connectivity index (χ4v) is 3.57. The first kappa shape index (κ1) is 16.8. The topological polar surface area (TPSA) is 0 Å². The minimum absolute atomic E-state index is 0.0205. The first-order chi connectivity index (χ1) is 11.1. The fourth-order valence-electron chi connectivity index (χ4n) is 3.57. The molecule has 0 fully saturated rings. The second-order valence-corrected chi connectivity index (χ2v) is 9.03. The first-order valence-electron chi connectivity index (χ1n) is 8.82. The van der Waals surface area contributed by atoms with Gasteiger partial charge in [0.05, 0.1) is 0 Å². The highest BCUT2D eigenvalue weighted by Crippen LogP contribution is 2.64.